The molecule has 0 unspecified atom stereocenters. The molecule has 0 aliphatic carbocycles. The van der Waals surface area contributed by atoms with Gasteiger partial charge in [-0.25, -0.2) is 0 Å². The van der Waals surface area contributed by atoms with Gasteiger partial charge in [0.05, 0.1) is 0 Å². The SMILES string of the molecule is C=CC(=O)NCCCCCCCCCC. The van der Waals surface area contributed by atoms with Gasteiger partial charge in [-0.3, -0.25) is 4.79 Å². The zero-order valence-electron chi connectivity index (χ0n) is 10.1. The lowest BCUT2D eigenvalue weighted by Crippen LogP contribution is -2.21. The number of carbonyl (C=O) groups is 1. The van der Waals surface area contributed by atoms with Crippen LogP contribution in [0.5, 0.6) is 0 Å². The van der Waals surface area contributed by atoms with Crippen LogP contribution in [0.3, 0.4) is 0 Å². The van der Waals surface area contributed by atoms with Gasteiger partial charge in [-0.05, 0) is 12.5 Å². The third-order valence-electron chi connectivity index (χ3n) is 2.51. The number of rotatable bonds is 10. The molecule has 2 nitrogen and oxygen atoms in total. The zero-order chi connectivity index (χ0) is 11.4. The zero-order valence-corrected chi connectivity index (χ0v) is 10.1. The van der Waals surface area contributed by atoms with Crippen LogP contribution in [0.15, 0.2) is 12.7 Å². The quantitative estimate of drug-likeness (QED) is 0.435. The molecule has 0 fully saturated rings. The maximum atomic E-state index is 10.8. The predicted octanol–water partition coefficient (Wildman–Crippen LogP) is 3.43. The van der Waals surface area contributed by atoms with Crippen LogP contribution in [0.25, 0.3) is 0 Å². The summed E-state index contributed by atoms with van der Waals surface area (Å²) in [5.41, 5.74) is 0. The highest BCUT2D eigenvalue weighted by molar-refractivity contribution is 5.86. The Morgan fingerprint density at radius 2 is 1.60 bits per heavy atom. The van der Waals surface area contributed by atoms with Crippen molar-refractivity contribution in [3.63, 3.8) is 0 Å². The summed E-state index contributed by atoms with van der Waals surface area (Å²) in [5, 5.41) is 2.79. The van der Waals surface area contributed by atoms with E-state index < -0.39 is 0 Å². The van der Waals surface area contributed by atoms with Crippen LogP contribution in [0.2, 0.25) is 0 Å². The Bertz CT molecular complexity index is 166. The van der Waals surface area contributed by atoms with Crippen molar-refractivity contribution in [1.82, 2.24) is 5.32 Å². The molecule has 0 aromatic heterocycles. The van der Waals surface area contributed by atoms with Gasteiger partial charge < -0.3 is 5.32 Å². The fraction of sp³-hybridized carbons (Fsp3) is 0.769. The molecule has 0 aromatic rings. The number of nitrogens with one attached hydrogen (secondary N) is 1. The predicted molar refractivity (Wildman–Crippen MR) is 65.8 cm³/mol. The van der Waals surface area contributed by atoms with E-state index >= 15 is 0 Å². The molecule has 1 amide bonds. The smallest absolute Gasteiger partial charge is 0.243 e. The van der Waals surface area contributed by atoms with E-state index in [1.807, 2.05) is 0 Å². The fourth-order valence-corrected chi connectivity index (χ4v) is 1.54. The molecule has 0 saturated carbocycles. The molecule has 0 heterocycles. The van der Waals surface area contributed by atoms with Gasteiger partial charge in [0.25, 0.3) is 0 Å². The van der Waals surface area contributed by atoms with Crippen molar-refractivity contribution in [2.75, 3.05) is 6.54 Å². The molecule has 0 aromatic carbocycles. The van der Waals surface area contributed by atoms with Crippen LogP contribution in [0.1, 0.15) is 58.3 Å². The van der Waals surface area contributed by atoms with Crippen molar-refractivity contribution in [3.8, 4) is 0 Å². The number of carbonyl (C=O) groups excluding carboxylic acids is 1. The number of unbranched alkanes of at least 4 members (excludes halogenated alkanes) is 7. The first-order valence-electron chi connectivity index (χ1n) is 6.21. The van der Waals surface area contributed by atoms with E-state index in [9.17, 15) is 4.79 Å². The first kappa shape index (κ1) is 14.2. The molecule has 0 atom stereocenters. The lowest BCUT2D eigenvalue weighted by Gasteiger charge is -2.02. The van der Waals surface area contributed by atoms with Crippen LogP contribution in [0, 0.1) is 0 Å². The number of hydrogen-bond acceptors (Lipinski definition) is 1. The highest BCUT2D eigenvalue weighted by atomic mass is 16.1. The van der Waals surface area contributed by atoms with Gasteiger partial charge in [-0.15, -0.1) is 0 Å². The summed E-state index contributed by atoms with van der Waals surface area (Å²) in [7, 11) is 0. The minimum Gasteiger partial charge on any atom is -0.353 e. The lowest BCUT2D eigenvalue weighted by molar-refractivity contribution is -0.116. The number of hydrogen-bond donors (Lipinski definition) is 1. The molecule has 0 rings (SSSR count). The van der Waals surface area contributed by atoms with Crippen molar-refractivity contribution in [1.29, 1.82) is 0 Å². The van der Waals surface area contributed by atoms with Crippen molar-refractivity contribution >= 4 is 5.91 Å². The average Bonchev–Trinajstić information content (AvgIpc) is 2.26. The van der Waals surface area contributed by atoms with E-state index in [2.05, 4.69) is 18.8 Å². The Morgan fingerprint density at radius 1 is 1.07 bits per heavy atom. The first-order chi connectivity index (χ1) is 7.31. The van der Waals surface area contributed by atoms with Gasteiger partial charge in [-0.2, -0.15) is 0 Å². The van der Waals surface area contributed by atoms with Crippen LogP contribution >= 0.6 is 0 Å². The minimum atomic E-state index is -0.0575. The summed E-state index contributed by atoms with van der Waals surface area (Å²) in [6, 6.07) is 0. The second kappa shape index (κ2) is 11.3. The van der Waals surface area contributed by atoms with Crippen LogP contribution in [-0.4, -0.2) is 12.5 Å². The molecule has 0 radical (unpaired) electrons. The van der Waals surface area contributed by atoms with Crippen molar-refractivity contribution in [2.45, 2.75) is 58.3 Å². The molecule has 15 heavy (non-hydrogen) atoms. The molecule has 88 valence electrons. The lowest BCUT2D eigenvalue weighted by atomic mass is 10.1. The van der Waals surface area contributed by atoms with Crippen LogP contribution in [0.4, 0.5) is 0 Å². The molecular weight excluding hydrogens is 186 g/mol. The molecule has 0 spiro atoms. The van der Waals surface area contributed by atoms with Gasteiger partial charge in [0.15, 0.2) is 0 Å². The van der Waals surface area contributed by atoms with Crippen LogP contribution in [-0.2, 0) is 4.79 Å². The van der Waals surface area contributed by atoms with E-state index in [1.54, 1.807) is 0 Å². The standard InChI is InChI=1S/C13H25NO/c1-3-5-6-7-8-9-10-11-12-14-13(15)4-2/h4H,2-3,5-12H2,1H3,(H,14,15). The highest BCUT2D eigenvalue weighted by Gasteiger charge is 1.93. The second-order valence-corrected chi connectivity index (χ2v) is 3.97. The Hall–Kier alpha value is -0.790. The Morgan fingerprint density at radius 3 is 2.13 bits per heavy atom. The van der Waals surface area contributed by atoms with Crippen molar-refractivity contribution < 1.29 is 4.79 Å². The molecule has 1 N–H and O–H groups in total. The maximum Gasteiger partial charge on any atom is 0.243 e. The van der Waals surface area contributed by atoms with E-state index in [1.165, 1.54) is 51.0 Å². The Labute approximate surface area is 94.1 Å². The van der Waals surface area contributed by atoms with Crippen molar-refractivity contribution in [3.05, 3.63) is 12.7 Å². The second-order valence-electron chi connectivity index (χ2n) is 3.97. The van der Waals surface area contributed by atoms with E-state index in [0.29, 0.717) is 0 Å². The summed E-state index contributed by atoms with van der Waals surface area (Å²) >= 11 is 0. The number of amides is 1. The fourth-order valence-electron chi connectivity index (χ4n) is 1.54. The van der Waals surface area contributed by atoms with Gasteiger partial charge in [0, 0.05) is 6.54 Å². The highest BCUT2D eigenvalue weighted by Crippen LogP contribution is 2.07. The summed E-state index contributed by atoms with van der Waals surface area (Å²) in [5.74, 6) is -0.0575. The summed E-state index contributed by atoms with van der Waals surface area (Å²) in [4.78, 5) is 10.8. The summed E-state index contributed by atoms with van der Waals surface area (Å²) < 4.78 is 0. The molecule has 0 aliphatic heterocycles. The van der Waals surface area contributed by atoms with E-state index in [0.717, 1.165) is 13.0 Å². The summed E-state index contributed by atoms with van der Waals surface area (Å²) in [6.07, 6.45) is 11.7. The average molecular weight is 211 g/mol. The van der Waals surface area contributed by atoms with Crippen molar-refractivity contribution in [2.24, 2.45) is 0 Å². The summed E-state index contributed by atoms with van der Waals surface area (Å²) in [6.45, 7) is 6.44. The Balaban J connectivity index is 2.98. The monoisotopic (exact) mass is 211 g/mol. The van der Waals surface area contributed by atoms with Gasteiger partial charge >= 0.3 is 0 Å². The minimum absolute atomic E-state index is 0.0575. The third-order valence-corrected chi connectivity index (χ3v) is 2.51. The topological polar surface area (TPSA) is 29.1 Å². The van der Waals surface area contributed by atoms with Gasteiger partial charge in [-0.1, -0.05) is 58.4 Å². The largest absolute Gasteiger partial charge is 0.353 e. The van der Waals surface area contributed by atoms with E-state index in [-0.39, 0.29) is 5.91 Å². The van der Waals surface area contributed by atoms with Crippen LogP contribution < -0.4 is 5.32 Å². The normalized spacial score (nSPS) is 9.93. The molecule has 2 heteroatoms. The molecular formula is C13H25NO. The molecule has 0 bridgehead atoms. The first-order valence-corrected chi connectivity index (χ1v) is 6.21. The molecule has 0 aliphatic rings. The Kier molecular flexibility index (Phi) is 10.7. The third kappa shape index (κ3) is 11.1. The van der Waals surface area contributed by atoms with E-state index in [4.69, 9.17) is 0 Å². The van der Waals surface area contributed by atoms with Gasteiger partial charge in [0.2, 0.25) is 5.91 Å². The molecule has 0 saturated heterocycles. The van der Waals surface area contributed by atoms with Gasteiger partial charge in [0.1, 0.15) is 0 Å². The maximum absolute atomic E-state index is 10.8.